The Labute approximate surface area is 137 Å². The van der Waals surface area contributed by atoms with Gasteiger partial charge in [-0.2, -0.15) is 4.80 Å². The molecule has 0 N–H and O–H groups in total. The number of rotatable bonds is 5. The van der Waals surface area contributed by atoms with Gasteiger partial charge < -0.3 is 4.74 Å². The van der Waals surface area contributed by atoms with E-state index in [-0.39, 0.29) is 5.97 Å². The molecular formula is C17H14N4O3. The third-order valence-electron chi connectivity index (χ3n) is 3.43. The quantitative estimate of drug-likeness (QED) is 0.527. The molecule has 0 radical (unpaired) electrons. The third kappa shape index (κ3) is 3.35. The molecule has 1 heterocycles. The molecule has 1 aromatic heterocycles. The lowest BCUT2D eigenvalue weighted by molar-refractivity contribution is 0.0600. The van der Waals surface area contributed by atoms with Crippen molar-refractivity contribution in [3.8, 4) is 11.4 Å². The fourth-order valence-corrected chi connectivity index (χ4v) is 2.21. The Bertz CT molecular complexity index is 872. The van der Waals surface area contributed by atoms with E-state index >= 15 is 0 Å². The van der Waals surface area contributed by atoms with E-state index in [1.807, 2.05) is 6.07 Å². The van der Waals surface area contributed by atoms with Crippen LogP contribution in [0.5, 0.6) is 0 Å². The highest BCUT2D eigenvalue weighted by atomic mass is 16.5. The average molecular weight is 322 g/mol. The predicted octanol–water partition coefficient (Wildman–Crippen LogP) is 1.99. The molecule has 3 rings (SSSR count). The van der Waals surface area contributed by atoms with Crippen molar-refractivity contribution < 1.29 is 14.3 Å². The molecule has 7 heteroatoms. The van der Waals surface area contributed by atoms with Gasteiger partial charge in [0.1, 0.15) is 6.29 Å². The second-order valence-electron chi connectivity index (χ2n) is 5.08. The minimum absolute atomic E-state index is 0.379. The van der Waals surface area contributed by atoms with Gasteiger partial charge in [-0.05, 0) is 22.9 Å². The molecule has 2 aromatic carbocycles. The van der Waals surface area contributed by atoms with Gasteiger partial charge in [-0.3, -0.25) is 4.79 Å². The van der Waals surface area contributed by atoms with Crippen molar-refractivity contribution in [3.05, 3.63) is 65.2 Å². The molecule has 0 saturated carbocycles. The van der Waals surface area contributed by atoms with Gasteiger partial charge in [-0.25, -0.2) is 4.79 Å². The van der Waals surface area contributed by atoms with Crippen LogP contribution in [0.1, 0.15) is 26.3 Å². The molecule has 0 aliphatic heterocycles. The van der Waals surface area contributed by atoms with E-state index in [0.717, 1.165) is 17.4 Å². The van der Waals surface area contributed by atoms with Crippen molar-refractivity contribution in [1.82, 2.24) is 20.2 Å². The minimum Gasteiger partial charge on any atom is -0.465 e. The normalized spacial score (nSPS) is 10.4. The van der Waals surface area contributed by atoms with E-state index in [4.69, 9.17) is 4.74 Å². The highest BCUT2D eigenvalue weighted by Gasteiger charge is 2.09. The number of hydrogen-bond donors (Lipinski definition) is 0. The van der Waals surface area contributed by atoms with E-state index in [2.05, 4.69) is 15.4 Å². The first-order valence-electron chi connectivity index (χ1n) is 7.20. The summed E-state index contributed by atoms with van der Waals surface area (Å²) >= 11 is 0. The SMILES string of the molecule is COC(=O)c1cccc(Cn2nnc(-c3ccc(C=O)cc3)n2)c1. The Morgan fingerprint density at radius 3 is 2.71 bits per heavy atom. The van der Waals surface area contributed by atoms with Crippen LogP contribution in [0.4, 0.5) is 0 Å². The van der Waals surface area contributed by atoms with Crippen molar-refractivity contribution in [2.45, 2.75) is 6.54 Å². The molecule has 0 unspecified atom stereocenters. The Morgan fingerprint density at radius 1 is 1.21 bits per heavy atom. The number of esters is 1. The molecule has 0 aliphatic carbocycles. The summed E-state index contributed by atoms with van der Waals surface area (Å²) in [6.07, 6.45) is 0.780. The molecule has 0 amide bonds. The van der Waals surface area contributed by atoms with Crippen LogP contribution in [0.2, 0.25) is 0 Å². The van der Waals surface area contributed by atoms with Gasteiger partial charge in [-0.15, -0.1) is 10.2 Å². The smallest absolute Gasteiger partial charge is 0.337 e. The summed E-state index contributed by atoms with van der Waals surface area (Å²) in [5.41, 5.74) is 2.69. The van der Waals surface area contributed by atoms with Gasteiger partial charge in [0.25, 0.3) is 0 Å². The summed E-state index contributed by atoms with van der Waals surface area (Å²) in [5.74, 6) is 0.0796. The summed E-state index contributed by atoms with van der Waals surface area (Å²) in [6, 6.07) is 14.0. The number of nitrogens with zero attached hydrogens (tertiary/aromatic N) is 4. The molecule has 0 fully saturated rings. The maximum Gasteiger partial charge on any atom is 0.337 e. The summed E-state index contributed by atoms with van der Waals surface area (Å²) < 4.78 is 4.71. The number of benzene rings is 2. The van der Waals surface area contributed by atoms with Gasteiger partial charge in [0.05, 0.1) is 19.2 Å². The lowest BCUT2D eigenvalue weighted by atomic mass is 10.1. The van der Waals surface area contributed by atoms with Crippen molar-refractivity contribution in [3.63, 3.8) is 0 Å². The van der Waals surface area contributed by atoms with E-state index in [1.54, 1.807) is 42.5 Å². The van der Waals surface area contributed by atoms with Crippen LogP contribution >= 0.6 is 0 Å². The summed E-state index contributed by atoms with van der Waals surface area (Å²) in [5, 5.41) is 12.3. The second kappa shape index (κ2) is 6.82. The van der Waals surface area contributed by atoms with E-state index in [9.17, 15) is 9.59 Å². The molecule has 3 aromatic rings. The highest BCUT2D eigenvalue weighted by molar-refractivity contribution is 5.89. The van der Waals surface area contributed by atoms with Gasteiger partial charge >= 0.3 is 5.97 Å². The number of carbonyl (C=O) groups excluding carboxylic acids is 2. The molecule has 120 valence electrons. The molecule has 7 nitrogen and oxygen atoms in total. The zero-order valence-electron chi connectivity index (χ0n) is 12.9. The Balaban J connectivity index is 1.78. The number of carbonyl (C=O) groups is 2. The molecule has 0 bridgehead atoms. The predicted molar refractivity (Wildman–Crippen MR) is 85.5 cm³/mol. The van der Waals surface area contributed by atoms with Crippen molar-refractivity contribution in [1.29, 1.82) is 0 Å². The van der Waals surface area contributed by atoms with Gasteiger partial charge in [0.2, 0.25) is 5.82 Å². The number of tetrazole rings is 1. The largest absolute Gasteiger partial charge is 0.465 e. The van der Waals surface area contributed by atoms with Crippen molar-refractivity contribution in [2.75, 3.05) is 7.11 Å². The minimum atomic E-state index is -0.389. The zero-order valence-corrected chi connectivity index (χ0v) is 12.9. The topological polar surface area (TPSA) is 87.0 Å². The number of ether oxygens (including phenoxy) is 1. The van der Waals surface area contributed by atoms with Crippen molar-refractivity contribution >= 4 is 12.3 Å². The Hall–Kier alpha value is -3.35. The highest BCUT2D eigenvalue weighted by Crippen LogP contribution is 2.14. The van der Waals surface area contributed by atoms with Crippen LogP contribution in [0.25, 0.3) is 11.4 Å². The fourth-order valence-electron chi connectivity index (χ4n) is 2.21. The van der Waals surface area contributed by atoms with Gasteiger partial charge in [0.15, 0.2) is 0 Å². The van der Waals surface area contributed by atoms with E-state index in [0.29, 0.717) is 23.5 Å². The summed E-state index contributed by atoms with van der Waals surface area (Å²) in [6.45, 7) is 0.379. The van der Waals surface area contributed by atoms with Crippen molar-refractivity contribution in [2.24, 2.45) is 0 Å². The van der Waals surface area contributed by atoms with Gasteiger partial charge in [-0.1, -0.05) is 36.4 Å². The van der Waals surface area contributed by atoms with Crippen LogP contribution in [0, 0.1) is 0 Å². The first kappa shape index (κ1) is 15.5. The standard InChI is InChI=1S/C17H14N4O3/c1-24-17(23)15-4-2-3-13(9-15)10-21-19-16(18-20-21)14-7-5-12(11-22)6-8-14/h2-9,11H,10H2,1H3. The van der Waals surface area contributed by atoms with Crippen LogP contribution in [-0.2, 0) is 11.3 Å². The Morgan fingerprint density at radius 2 is 2.00 bits per heavy atom. The average Bonchev–Trinajstić information content (AvgIpc) is 3.09. The molecule has 0 spiro atoms. The molecule has 0 saturated heterocycles. The van der Waals surface area contributed by atoms with E-state index < -0.39 is 0 Å². The fraction of sp³-hybridized carbons (Fsp3) is 0.118. The van der Waals surface area contributed by atoms with Crippen LogP contribution in [0.15, 0.2) is 48.5 Å². The Kier molecular flexibility index (Phi) is 4.42. The maximum absolute atomic E-state index is 11.6. The molecule has 0 aliphatic rings. The molecule has 24 heavy (non-hydrogen) atoms. The number of methoxy groups -OCH3 is 1. The van der Waals surface area contributed by atoms with E-state index in [1.165, 1.54) is 11.9 Å². The summed E-state index contributed by atoms with van der Waals surface area (Å²) in [7, 11) is 1.34. The molecule has 0 atom stereocenters. The molecular weight excluding hydrogens is 308 g/mol. The summed E-state index contributed by atoms with van der Waals surface area (Å²) in [4.78, 5) is 23.7. The number of aromatic nitrogens is 4. The van der Waals surface area contributed by atoms with Gasteiger partial charge in [0, 0.05) is 11.1 Å². The number of hydrogen-bond acceptors (Lipinski definition) is 6. The van der Waals surface area contributed by atoms with Crippen LogP contribution in [-0.4, -0.2) is 39.6 Å². The first-order chi connectivity index (χ1) is 11.7. The first-order valence-corrected chi connectivity index (χ1v) is 7.20. The monoisotopic (exact) mass is 322 g/mol. The lowest BCUT2D eigenvalue weighted by Gasteiger charge is -2.03. The van der Waals surface area contributed by atoms with Crippen LogP contribution < -0.4 is 0 Å². The van der Waals surface area contributed by atoms with Crippen LogP contribution in [0.3, 0.4) is 0 Å². The second-order valence-corrected chi connectivity index (χ2v) is 5.08. The lowest BCUT2D eigenvalue weighted by Crippen LogP contribution is -2.06. The number of aldehydes is 1. The maximum atomic E-state index is 11.6. The zero-order chi connectivity index (χ0) is 16.9. The third-order valence-corrected chi connectivity index (χ3v) is 3.43.